The van der Waals surface area contributed by atoms with Gasteiger partial charge in [-0.05, 0) is 18.6 Å². The highest BCUT2D eigenvalue weighted by Gasteiger charge is 2.13. The van der Waals surface area contributed by atoms with Crippen LogP contribution in [0.1, 0.15) is 5.56 Å². The van der Waals surface area contributed by atoms with Crippen molar-refractivity contribution in [2.24, 2.45) is 0 Å². The molecule has 6 heteroatoms. The van der Waals surface area contributed by atoms with Crippen molar-refractivity contribution in [1.29, 1.82) is 0 Å². The average Bonchev–Trinajstić information content (AvgIpc) is 2.11. The molecule has 0 fully saturated rings. The van der Waals surface area contributed by atoms with Gasteiger partial charge in [0, 0.05) is 0 Å². The SMILES string of the molecule is Cc1cccc(F)c1NS(=O)(=O)CCO. The molecular weight excluding hydrogens is 221 g/mol. The van der Waals surface area contributed by atoms with Gasteiger partial charge in [-0.25, -0.2) is 12.8 Å². The number of aliphatic hydroxyl groups excluding tert-OH is 1. The Bertz CT molecular complexity index is 424. The van der Waals surface area contributed by atoms with Crippen LogP contribution >= 0.6 is 0 Å². The Labute approximate surface area is 87.8 Å². The van der Waals surface area contributed by atoms with Crippen LogP contribution in [0.3, 0.4) is 0 Å². The first-order valence-corrected chi connectivity index (χ1v) is 5.98. The first kappa shape index (κ1) is 11.9. The first-order chi connectivity index (χ1) is 6.96. The predicted octanol–water partition coefficient (Wildman–Crippen LogP) is 0.868. The second-order valence-corrected chi connectivity index (χ2v) is 4.92. The highest BCUT2D eigenvalue weighted by atomic mass is 32.2. The second-order valence-electron chi connectivity index (χ2n) is 3.08. The number of nitrogens with one attached hydrogen (secondary N) is 1. The number of aryl methyl sites for hydroxylation is 1. The molecule has 0 amide bonds. The van der Waals surface area contributed by atoms with Crippen molar-refractivity contribution in [1.82, 2.24) is 0 Å². The van der Waals surface area contributed by atoms with E-state index in [1.165, 1.54) is 12.1 Å². The van der Waals surface area contributed by atoms with E-state index < -0.39 is 28.2 Å². The molecule has 0 saturated heterocycles. The fourth-order valence-corrected chi connectivity index (χ4v) is 2.00. The Hall–Kier alpha value is -1.14. The van der Waals surface area contributed by atoms with E-state index in [0.29, 0.717) is 5.56 Å². The quantitative estimate of drug-likeness (QED) is 0.810. The zero-order chi connectivity index (χ0) is 11.5. The lowest BCUT2D eigenvalue weighted by molar-refractivity contribution is 0.320. The summed E-state index contributed by atoms with van der Waals surface area (Å²) in [7, 11) is -3.67. The van der Waals surface area contributed by atoms with E-state index in [2.05, 4.69) is 4.72 Å². The van der Waals surface area contributed by atoms with Gasteiger partial charge < -0.3 is 5.11 Å². The van der Waals surface area contributed by atoms with Gasteiger partial charge in [0.15, 0.2) is 0 Å². The van der Waals surface area contributed by atoms with Crippen molar-refractivity contribution in [2.75, 3.05) is 17.1 Å². The van der Waals surface area contributed by atoms with Crippen LogP contribution in [0.4, 0.5) is 10.1 Å². The van der Waals surface area contributed by atoms with Crippen LogP contribution in [-0.4, -0.2) is 25.9 Å². The second kappa shape index (κ2) is 4.59. The van der Waals surface area contributed by atoms with Gasteiger partial charge in [-0.1, -0.05) is 12.1 Å². The van der Waals surface area contributed by atoms with Crippen molar-refractivity contribution < 1.29 is 17.9 Å². The zero-order valence-corrected chi connectivity index (χ0v) is 9.01. The highest BCUT2D eigenvalue weighted by molar-refractivity contribution is 7.92. The fourth-order valence-electron chi connectivity index (χ4n) is 1.09. The van der Waals surface area contributed by atoms with E-state index in [9.17, 15) is 12.8 Å². The van der Waals surface area contributed by atoms with Crippen molar-refractivity contribution in [3.05, 3.63) is 29.6 Å². The Morgan fingerprint density at radius 1 is 1.47 bits per heavy atom. The third kappa shape index (κ3) is 3.17. The number of anilines is 1. The van der Waals surface area contributed by atoms with Crippen molar-refractivity contribution in [3.8, 4) is 0 Å². The summed E-state index contributed by atoms with van der Waals surface area (Å²) in [4.78, 5) is 0. The summed E-state index contributed by atoms with van der Waals surface area (Å²) >= 11 is 0. The first-order valence-electron chi connectivity index (χ1n) is 4.33. The minimum atomic E-state index is -3.67. The van der Waals surface area contributed by atoms with Crippen LogP contribution in [0, 0.1) is 12.7 Å². The van der Waals surface area contributed by atoms with Gasteiger partial charge in [0.25, 0.3) is 0 Å². The normalized spacial score (nSPS) is 11.4. The van der Waals surface area contributed by atoms with Crippen LogP contribution in [0.25, 0.3) is 0 Å². The van der Waals surface area contributed by atoms with Crippen molar-refractivity contribution in [3.63, 3.8) is 0 Å². The van der Waals surface area contributed by atoms with Gasteiger partial charge >= 0.3 is 0 Å². The summed E-state index contributed by atoms with van der Waals surface area (Å²) in [6.45, 7) is 1.10. The number of benzene rings is 1. The van der Waals surface area contributed by atoms with E-state index in [1.807, 2.05) is 0 Å². The molecule has 4 nitrogen and oxygen atoms in total. The largest absolute Gasteiger partial charge is 0.395 e. The Kier molecular flexibility index (Phi) is 3.65. The number of halogens is 1. The maximum atomic E-state index is 13.2. The van der Waals surface area contributed by atoms with Crippen LogP contribution in [-0.2, 0) is 10.0 Å². The van der Waals surface area contributed by atoms with E-state index in [4.69, 9.17) is 5.11 Å². The third-order valence-electron chi connectivity index (χ3n) is 1.84. The lowest BCUT2D eigenvalue weighted by Crippen LogP contribution is -2.20. The molecule has 0 saturated carbocycles. The molecule has 1 aromatic rings. The Morgan fingerprint density at radius 3 is 2.67 bits per heavy atom. The molecule has 0 spiro atoms. The molecule has 0 unspecified atom stereocenters. The summed E-state index contributed by atoms with van der Waals surface area (Å²) in [5.41, 5.74) is 0.433. The van der Waals surface area contributed by atoms with Crippen molar-refractivity contribution in [2.45, 2.75) is 6.92 Å². The molecule has 1 rings (SSSR count). The molecule has 2 N–H and O–H groups in total. The molecular formula is C9H12FNO3S. The number of aliphatic hydroxyl groups is 1. The van der Waals surface area contributed by atoms with Crippen LogP contribution in [0.5, 0.6) is 0 Å². The van der Waals surface area contributed by atoms with Crippen LogP contribution in [0.15, 0.2) is 18.2 Å². The molecule has 0 bridgehead atoms. The van der Waals surface area contributed by atoms with Gasteiger partial charge in [0.05, 0.1) is 18.0 Å². The standard InChI is InChI=1S/C9H12FNO3S/c1-7-3-2-4-8(10)9(7)11-15(13,14)6-5-12/h2-4,11-12H,5-6H2,1H3. The molecule has 0 heterocycles. The molecule has 1 aromatic carbocycles. The van der Waals surface area contributed by atoms with E-state index in [0.717, 1.165) is 0 Å². The van der Waals surface area contributed by atoms with Gasteiger partial charge in [-0.3, -0.25) is 4.72 Å². The van der Waals surface area contributed by atoms with Gasteiger partial charge in [-0.15, -0.1) is 0 Å². The number of sulfonamides is 1. The van der Waals surface area contributed by atoms with E-state index in [-0.39, 0.29) is 5.69 Å². The Balaban J connectivity index is 2.99. The van der Waals surface area contributed by atoms with Gasteiger partial charge in [-0.2, -0.15) is 0 Å². The number of para-hydroxylation sites is 1. The number of hydrogen-bond acceptors (Lipinski definition) is 3. The van der Waals surface area contributed by atoms with Gasteiger partial charge in [0.1, 0.15) is 5.82 Å². The minimum absolute atomic E-state index is 0.0639. The molecule has 0 aromatic heterocycles. The maximum absolute atomic E-state index is 13.2. The molecule has 84 valence electrons. The summed E-state index contributed by atoms with van der Waals surface area (Å²) in [5, 5.41) is 8.51. The number of hydrogen-bond donors (Lipinski definition) is 2. The topological polar surface area (TPSA) is 66.4 Å². The highest BCUT2D eigenvalue weighted by Crippen LogP contribution is 2.19. The van der Waals surface area contributed by atoms with E-state index >= 15 is 0 Å². The summed E-state index contributed by atoms with van der Waals surface area (Å²) in [5.74, 6) is -1.07. The number of rotatable bonds is 4. The fraction of sp³-hybridized carbons (Fsp3) is 0.333. The van der Waals surface area contributed by atoms with Crippen LogP contribution in [0.2, 0.25) is 0 Å². The monoisotopic (exact) mass is 233 g/mol. The van der Waals surface area contributed by atoms with Gasteiger partial charge in [0.2, 0.25) is 10.0 Å². The lowest BCUT2D eigenvalue weighted by Gasteiger charge is -2.10. The smallest absolute Gasteiger partial charge is 0.235 e. The lowest BCUT2D eigenvalue weighted by atomic mass is 10.2. The Morgan fingerprint density at radius 2 is 2.13 bits per heavy atom. The summed E-state index contributed by atoms with van der Waals surface area (Å²) in [6, 6.07) is 4.26. The maximum Gasteiger partial charge on any atom is 0.235 e. The van der Waals surface area contributed by atoms with Crippen LogP contribution < -0.4 is 4.72 Å². The molecule has 0 aliphatic heterocycles. The average molecular weight is 233 g/mol. The third-order valence-corrected chi connectivity index (χ3v) is 3.07. The van der Waals surface area contributed by atoms with Crippen molar-refractivity contribution >= 4 is 15.7 Å². The molecule has 0 aliphatic carbocycles. The molecule has 15 heavy (non-hydrogen) atoms. The molecule has 0 aliphatic rings. The minimum Gasteiger partial charge on any atom is -0.395 e. The summed E-state index contributed by atoms with van der Waals surface area (Å²) < 4.78 is 37.9. The predicted molar refractivity (Wildman–Crippen MR) is 55.6 cm³/mol. The zero-order valence-electron chi connectivity index (χ0n) is 8.20. The van der Waals surface area contributed by atoms with E-state index in [1.54, 1.807) is 13.0 Å². The molecule has 0 atom stereocenters. The molecule has 0 radical (unpaired) electrons. The summed E-state index contributed by atoms with van der Waals surface area (Å²) in [6.07, 6.45) is 0.